The normalized spacial score (nSPS) is 10.5. The summed E-state index contributed by atoms with van der Waals surface area (Å²) in [7, 11) is 0. The molecule has 0 saturated carbocycles. The van der Waals surface area contributed by atoms with Gasteiger partial charge in [-0.05, 0) is 19.1 Å². The number of esters is 1. The van der Waals surface area contributed by atoms with E-state index < -0.39 is 0 Å². The monoisotopic (exact) mass is 307 g/mol. The van der Waals surface area contributed by atoms with Gasteiger partial charge in [0.1, 0.15) is 12.2 Å². The standard InChI is InChI=1S/C18H17N3O2/c1-2-23-16(22)11-15-20-17(13-7-4-3-5-8-13)18(21-15)14-9-6-10-19-12-14/h3-10,12H,2,11H2,1H3,(H,20,21). The molecule has 0 aliphatic heterocycles. The number of carbonyl (C=O) groups is 1. The van der Waals surface area contributed by atoms with Crippen molar-refractivity contribution in [2.45, 2.75) is 13.3 Å². The number of nitrogens with one attached hydrogen (secondary N) is 1. The molecule has 3 aromatic rings. The van der Waals surface area contributed by atoms with Crippen LogP contribution in [-0.2, 0) is 16.0 Å². The van der Waals surface area contributed by atoms with E-state index in [1.807, 2.05) is 42.5 Å². The molecule has 0 fully saturated rings. The van der Waals surface area contributed by atoms with Crippen molar-refractivity contribution in [3.05, 3.63) is 60.7 Å². The summed E-state index contributed by atoms with van der Waals surface area (Å²) in [5.74, 6) is 0.291. The van der Waals surface area contributed by atoms with Crippen LogP contribution in [0.2, 0.25) is 0 Å². The highest BCUT2D eigenvalue weighted by Crippen LogP contribution is 2.29. The van der Waals surface area contributed by atoms with Crippen molar-refractivity contribution in [2.75, 3.05) is 6.61 Å². The topological polar surface area (TPSA) is 67.9 Å². The predicted molar refractivity (Wildman–Crippen MR) is 87.6 cm³/mol. The third-order valence-corrected chi connectivity index (χ3v) is 3.37. The maximum atomic E-state index is 11.7. The van der Waals surface area contributed by atoms with Crippen LogP contribution in [0.3, 0.4) is 0 Å². The number of nitrogens with zero attached hydrogens (tertiary/aromatic N) is 2. The molecule has 0 atom stereocenters. The van der Waals surface area contributed by atoms with Crippen LogP contribution in [0.4, 0.5) is 0 Å². The number of aromatic amines is 1. The van der Waals surface area contributed by atoms with Crippen LogP contribution < -0.4 is 0 Å². The summed E-state index contributed by atoms with van der Waals surface area (Å²) in [5, 5.41) is 0. The Morgan fingerprint density at radius 1 is 1.13 bits per heavy atom. The Morgan fingerprint density at radius 3 is 2.61 bits per heavy atom. The summed E-state index contributed by atoms with van der Waals surface area (Å²) in [6.07, 6.45) is 3.60. The van der Waals surface area contributed by atoms with Crippen molar-refractivity contribution >= 4 is 5.97 Å². The van der Waals surface area contributed by atoms with E-state index in [2.05, 4.69) is 15.0 Å². The number of imidazole rings is 1. The first-order valence-electron chi connectivity index (χ1n) is 7.48. The summed E-state index contributed by atoms with van der Waals surface area (Å²) in [6, 6.07) is 13.7. The predicted octanol–water partition coefficient (Wildman–Crippen LogP) is 3.24. The highest BCUT2D eigenvalue weighted by Gasteiger charge is 2.16. The average molecular weight is 307 g/mol. The number of carbonyl (C=O) groups excluding carboxylic acids is 1. The van der Waals surface area contributed by atoms with Gasteiger partial charge in [0.25, 0.3) is 0 Å². The summed E-state index contributed by atoms with van der Waals surface area (Å²) in [5.41, 5.74) is 3.56. The maximum absolute atomic E-state index is 11.7. The molecule has 0 radical (unpaired) electrons. The molecule has 5 heteroatoms. The fourth-order valence-electron chi connectivity index (χ4n) is 2.38. The Bertz CT molecular complexity index is 726. The van der Waals surface area contributed by atoms with Crippen LogP contribution in [0.25, 0.3) is 22.5 Å². The molecular formula is C18H17N3O2. The van der Waals surface area contributed by atoms with Crippen molar-refractivity contribution in [3.63, 3.8) is 0 Å². The molecule has 23 heavy (non-hydrogen) atoms. The van der Waals surface area contributed by atoms with Gasteiger partial charge in [0, 0.05) is 23.5 Å². The summed E-state index contributed by atoms with van der Waals surface area (Å²) >= 11 is 0. The minimum atomic E-state index is -0.293. The molecule has 1 aromatic carbocycles. The van der Waals surface area contributed by atoms with Gasteiger partial charge in [-0.25, -0.2) is 4.98 Å². The number of ether oxygens (including phenoxy) is 1. The number of benzene rings is 1. The SMILES string of the molecule is CCOC(=O)Cc1nc(-c2cccnc2)c(-c2ccccc2)[nH]1. The second kappa shape index (κ2) is 6.87. The first kappa shape index (κ1) is 15.0. The summed E-state index contributed by atoms with van der Waals surface area (Å²) in [4.78, 5) is 23.7. The van der Waals surface area contributed by atoms with Gasteiger partial charge in [0.05, 0.1) is 18.0 Å². The molecule has 0 aliphatic carbocycles. The number of pyridine rings is 1. The van der Waals surface area contributed by atoms with Crippen molar-refractivity contribution in [1.82, 2.24) is 15.0 Å². The molecule has 1 N–H and O–H groups in total. The van der Waals surface area contributed by atoms with E-state index in [0.717, 1.165) is 22.5 Å². The second-order valence-corrected chi connectivity index (χ2v) is 5.00. The molecule has 0 amide bonds. The lowest BCUT2D eigenvalue weighted by Crippen LogP contribution is -2.08. The van der Waals surface area contributed by atoms with Crippen molar-refractivity contribution in [1.29, 1.82) is 0 Å². The number of rotatable bonds is 5. The van der Waals surface area contributed by atoms with E-state index in [4.69, 9.17) is 4.74 Å². The van der Waals surface area contributed by atoms with E-state index >= 15 is 0 Å². The lowest BCUT2D eigenvalue weighted by atomic mass is 10.1. The van der Waals surface area contributed by atoms with Gasteiger partial charge in [-0.3, -0.25) is 9.78 Å². The smallest absolute Gasteiger partial charge is 0.313 e. The Kier molecular flexibility index (Phi) is 4.47. The number of hydrogen-bond acceptors (Lipinski definition) is 4. The van der Waals surface area contributed by atoms with Gasteiger partial charge in [-0.15, -0.1) is 0 Å². The quantitative estimate of drug-likeness (QED) is 0.735. The molecule has 2 heterocycles. The fourth-order valence-corrected chi connectivity index (χ4v) is 2.38. The summed E-state index contributed by atoms with van der Waals surface area (Å²) < 4.78 is 5.00. The molecule has 3 rings (SSSR count). The van der Waals surface area contributed by atoms with Crippen molar-refractivity contribution in [2.24, 2.45) is 0 Å². The van der Waals surface area contributed by atoms with E-state index in [1.54, 1.807) is 19.3 Å². The van der Waals surface area contributed by atoms with E-state index in [9.17, 15) is 4.79 Å². The number of hydrogen-bond donors (Lipinski definition) is 1. The molecule has 0 bridgehead atoms. The third-order valence-electron chi connectivity index (χ3n) is 3.37. The lowest BCUT2D eigenvalue weighted by molar-refractivity contribution is -0.142. The zero-order valence-electron chi connectivity index (χ0n) is 12.8. The van der Waals surface area contributed by atoms with Crippen LogP contribution in [0.15, 0.2) is 54.9 Å². The minimum Gasteiger partial charge on any atom is -0.466 e. The van der Waals surface area contributed by atoms with E-state index in [-0.39, 0.29) is 12.4 Å². The van der Waals surface area contributed by atoms with Gasteiger partial charge >= 0.3 is 5.97 Å². The van der Waals surface area contributed by atoms with Gasteiger partial charge in [-0.1, -0.05) is 30.3 Å². The number of aromatic nitrogens is 3. The molecule has 116 valence electrons. The molecule has 0 aliphatic rings. The largest absolute Gasteiger partial charge is 0.466 e. The van der Waals surface area contributed by atoms with Gasteiger partial charge in [0.15, 0.2) is 0 Å². The average Bonchev–Trinajstić information content (AvgIpc) is 3.00. The Balaban J connectivity index is 2.02. The highest BCUT2D eigenvalue weighted by molar-refractivity contribution is 5.79. The second-order valence-electron chi connectivity index (χ2n) is 5.00. The van der Waals surface area contributed by atoms with Gasteiger partial charge in [-0.2, -0.15) is 0 Å². The van der Waals surface area contributed by atoms with Gasteiger partial charge in [0.2, 0.25) is 0 Å². The molecule has 0 saturated heterocycles. The van der Waals surface area contributed by atoms with Crippen molar-refractivity contribution < 1.29 is 9.53 Å². The third kappa shape index (κ3) is 3.45. The molecule has 0 unspecified atom stereocenters. The fraction of sp³-hybridized carbons (Fsp3) is 0.167. The lowest BCUT2D eigenvalue weighted by Gasteiger charge is -2.02. The van der Waals surface area contributed by atoms with Gasteiger partial charge < -0.3 is 9.72 Å². The van der Waals surface area contributed by atoms with Crippen LogP contribution in [-0.4, -0.2) is 27.5 Å². The Labute approximate surface area is 134 Å². The van der Waals surface area contributed by atoms with Crippen molar-refractivity contribution in [3.8, 4) is 22.5 Å². The maximum Gasteiger partial charge on any atom is 0.313 e. The summed E-state index contributed by atoms with van der Waals surface area (Å²) in [6.45, 7) is 2.15. The molecule has 2 aromatic heterocycles. The first-order chi connectivity index (χ1) is 11.3. The molecular weight excluding hydrogens is 290 g/mol. The molecule has 5 nitrogen and oxygen atoms in total. The molecule has 0 spiro atoms. The van der Waals surface area contributed by atoms with E-state index in [1.165, 1.54) is 0 Å². The van der Waals surface area contributed by atoms with Crippen LogP contribution >= 0.6 is 0 Å². The minimum absolute atomic E-state index is 0.119. The Morgan fingerprint density at radius 2 is 1.91 bits per heavy atom. The van der Waals surface area contributed by atoms with Crippen LogP contribution in [0, 0.1) is 0 Å². The number of H-pyrrole nitrogens is 1. The zero-order valence-corrected chi connectivity index (χ0v) is 12.8. The van der Waals surface area contributed by atoms with Crippen LogP contribution in [0.1, 0.15) is 12.7 Å². The first-order valence-corrected chi connectivity index (χ1v) is 7.48. The highest BCUT2D eigenvalue weighted by atomic mass is 16.5. The van der Waals surface area contributed by atoms with E-state index in [0.29, 0.717) is 12.4 Å². The zero-order chi connectivity index (χ0) is 16.1. The van der Waals surface area contributed by atoms with Crippen LogP contribution in [0.5, 0.6) is 0 Å². The Hall–Kier alpha value is -2.95.